The molecule has 2 heterocycles. The van der Waals surface area contributed by atoms with Crippen LogP contribution < -0.4 is 0 Å². The van der Waals surface area contributed by atoms with Crippen molar-refractivity contribution >= 4 is 39.2 Å². The molecule has 0 N–H and O–H groups in total. The molecule has 0 unspecified atom stereocenters. The van der Waals surface area contributed by atoms with E-state index in [9.17, 15) is 4.79 Å². The van der Waals surface area contributed by atoms with Crippen molar-refractivity contribution in [2.45, 2.75) is 13.8 Å². The maximum atomic E-state index is 12.4. The molecule has 5 heteroatoms. The highest BCUT2D eigenvalue weighted by Crippen LogP contribution is 2.28. The van der Waals surface area contributed by atoms with Gasteiger partial charge in [-0.15, -0.1) is 0 Å². The molecule has 0 fully saturated rings. The number of aromatic nitrogens is 2. The first-order valence-corrected chi connectivity index (χ1v) is 7.88. The van der Waals surface area contributed by atoms with Crippen molar-refractivity contribution in [3.05, 3.63) is 48.0 Å². The van der Waals surface area contributed by atoms with Crippen LogP contribution in [0, 0.1) is 5.92 Å². The molecule has 0 atom stereocenters. The number of hydrogen-bond donors (Lipinski definition) is 0. The van der Waals surface area contributed by atoms with Crippen molar-refractivity contribution in [1.82, 2.24) is 9.97 Å². The lowest BCUT2D eigenvalue weighted by Crippen LogP contribution is -2.11. The Morgan fingerprint density at radius 1 is 1.08 bits per heavy atom. The highest BCUT2D eigenvalue weighted by atomic mass is 16.5. The number of nitrogens with zero attached hydrogens (tertiary/aromatic N) is 2. The minimum absolute atomic E-state index is 0.275. The molecule has 120 valence electrons. The van der Waals surface area contributed by atoms with Gasteiger partial charge in [0.25, 0.3) is 0 Å². The van der Waals surface area contributed by atoms with E-state index in [1.54, 1.807) is 12.1 Å². The van der Waals surface area contributed by atoms with Crippen LogP contribution in [0.25, 0.3) is 33.2 Å². The van der Waals surface area contributed by atoms with Crippen molar-refractivity contribution in [3.63, 3.8) is 0 Å². The summed E-state index contributed by atoms with van der Waals surface area (Å²) in [5.41, 5.74) is 3.40. The van der Waals surface area contributed by atoms with E-state index in [-0.39, 0.29) is 11.9 Å². The Hall–Kier alpha value is -2.95. The number of carbonyl (C=O) groups is 1. The molecule has 0 spiro atoms. The highest BCUT2D eigenvalue weighted by Gasteiger charge is 2.17. The first-order valence-electron chi connectivity index (χ1n) is 7.88. The summed E-state index contributed by atoms with van der Waals surface area (Å²) >= 11 is 0. The van der Waals surface area contributed by atoms with E-state index in [0.717, 1.165) is 11.0 Å². The number of furan rings is 1. The average Bonchev–Trinajstić information content (AvgIpc) is 2.94. The summed E-state index contributed by atoms with van der Waals surface area (Å²) < 4.78 is 11.1. The van der Waals surface area contributed by atoms with E-state index in [2.05, 4.69) is 9.97 Å². The third-order valence-corrected chi connectivity index (χ3v) is 3.78. The van der Waals surface area contributed by atoms with Crippen LogP contribution in [0.4, 0.5) is 0 Å². The van der Waals surface area contributed by atoms with Crippen LogP contribution in [0.3, 0.4) is 0 Å². The Balaban J connectivity index is 1.90. The normalized spacial score (nSPS) is 11.6. The van der Waals surface area contributed by atoms with Crippen molar-refractivity contribution in [2.75, 3.05) is 6.61 Å². The van der Waals surface area contributed by atoms with Crippen molar-refractivity contribution in [3.8, 4) is 0 Å². The molecule has 0 aliphatic carbocycles. The lowest BCUT2D eigenvalue weighted by molar-refractivity contribution is 0.0461. The molecule has 0 bridgehead atoms. The lowest BCUT2D eigenvalue weighted by Gasteiger charge is -2.08. The molecule has 4 aromatic rings. The summed E-state index contributed by atoms with van der Waals surface area (Å²) in [5, 5.41) is 0.912. The second kappa shape index (κ2) is 5.60. The topological polar surface area (TPSA) is 65.2 Å². The summed E-state index contributed by atoms with van der Waals surface area (Å²) in [5.74, 6) is -0.115. The number of esters is 1. The average molecular weight is 320 g/mol. The summed E-state index contributed by atoms with van der Waals surface area (Å²) in [6, 6.07) is 13.0. The molecular weight excluding hydrogens is 304 g/mol. The third kappa shape index (κ3) is 2.38. The molecule has 0 amide bonds. The Morgan fingerprint density at radius 2 is 1.92 bits per heavy atom. The van der Waals surface area contributed by atoms with Gasteiger partial charge in [0, 0.05) is 5.39 Å². The molecule has 0 aliphatic heterocycles. The first kappa shape index (κ1) is 14.6. The molecular formula is C19H16N2O3. The molecule has 5 nitrogen and oxygen atoms in total. The Kier molecular flexibility index (Phi) is 3.41. The Labute approximate surface area is 138 Å². The van der Waals surface area contributed by atoms with Gasteiger partial charge >= 0.3 is 5.97 Å². The number of hydrogen-bond acceptors (Lipinski definition) is 5. The lowest BCUT2D eigenvalue weighted by atomic mass is 10.1. The summed E-state index contributed by atoms with van der Waals surface area (Å²) in [6.45, 7) is 4.36. The van der Waals surface area contributed by atoms with E-state index in [1.165, 1.54) is 0 Å². The predicted molar refractivity (Wildman–Crippen MR) is 91.9 cm³/mol. The van der Waals surface area contributed by atoms with E-state index in [0.29, 0.717) is 34.4 Å². The van der Waals surface area contributed by atoms with Crippen molar-refractivity contribution in [2.24, 2.45) is 5.92 Å². The van der Waals surface area contributed by atoms with Gasteiger partial charge in [0.15, 0.2) is 0 Å². The quantitative estimate of drug-likeness (QED) is 0.525. The molecule has 0 saturated carbocycles. The van der Waals surface area contributed by atoms with Gasteiger partial charge in [-0.2, -0.15) is 0 Å². The second-order valence-electron chi connectivity index (χ2n) is 6.14. The minimum Gasteiger partial charge on any atom is -0.462 e. The summed E-state index contributed by atoms with van der Waals surface area (Å²) in [4.78, 5) is 21.5. The van der Waals surface area contributed by atoms with Gasteiger partial charge in [0.1, 0.15) is 16.6 Å². The number of benzene rings is 2. The largest absolute Gasteiger partial charge is 0.462 e. The molecule has 4 rings (SSSR count). The van der Waals surface area contributed by atoms with Crippen LogP contribution in [0.2, 0.25) is 0 Å². The first-order chi connectivity index (χ1) is 11.6. The number of carbonyl (C=O) groups excluding carboxylic acids is 1. The van der Waals surface area contributed by atoms with E-state index >= 15 is 0 Å². The van der Waals surface area contributed by atoms with Gasteiger partial charge in [-0.3, -0.25) is 0 Å². The highest BCUT2D eigenvalue weighted by molar-refractivity contribution is 6.07. The van der Waals surface area contributed by atoms with Gasteiger partial charge < -0.3 is 9.15 Å². The fraction of sp³-hybridized carbons (Fsp3) is 0.211. The van der Waals surface area contributed by atoms with Crippen LogP contribution in [-0.4, -0.2) is 22.5 Å². The number of fused-ring (bicyclic) bond motifs is 4. The molecule has 2 aromatic heterocycles. The summed E-state index contributed by atoms with van der Waals surface area (Å²) in [6.07, 6.45) is 0. The minimum atomic E-state index is -0.390. The van der Waals surface area contributed by atoms with Gasteiger partial charge in [-0.25, -0.2) is 14.8 Å². The molecule has 0 saturated heterocycles. The maximum Gasteiger partial charge on any atom is 0.340 e. The predicted octanol–water partition coefficient (Wildman–Crippen LogP) is 4.34. The standard InChI is InChI=1S/C19H16N2O3/c1-11(2)10-23-19(22)13-7-5-8-14-16(13)21-18-17(20-14)12-6-3-4-9-15(12)24-18/h3-9,11H,10H2,1-2H3. The summed E-state index contributed by atoms with van der Waals surface area (Å²) in [7, 11) is 0. The van der Waals surface area contributed by atoms with Gasteiger partial charge in [-0.1, -0.05) is 32.0 Å². The number of rotatable bonds is 3. The molecule has 24 heavy (non-hydrogen) atoms. The molecule has 2 aromatic carbocycles. The van der Waals surface area contributed by atoms with Crippen LogP contribution in [-0.2, 0) is 4.74 Å². The third-order valence-electron chi connectivity index (χ3n) is 3.78. The zero-order valence-electron chi connectivity index (χ0n) is 13.4. The Bertz CT molecular complexity index is 1070. The number of para-hydroxylation sites is 2. The van der Waals surface area contributed by atoms with Gasteiger partial charge in [0.2, 0.25) is 5.71 Å². The van der Waals surface area contributed by atoms with Crippen LogP contribution in [0.15, 0.2) is 46.9 Å². The van der Waals surface area contributed by atoms with E-state index < -0.39 is 0 Å². The smallest absolute Gasteiger partial charge is 0.340 e. The Morgan fingerprint density at radius 3 is 2.75 bits per heavy atom. The van der Waals surface area contributed by atoms with Crippen molar-refractivity contribution in [1.29, 1.82) is 0 Å². The fourth-order valence-electron chi connectivity index (χ4n) is 2.65. The zero-order chi connectivity index (χ0) is 16.7. The van der Waals surface area contributed by atoms with Gasteiger partial charge in [0.05, 0.1) is 17.7 Å². The molecule has 0 aliphatic rings. The van der Waals surface area contributed by atoms with E-state index in [4.69, 9.17) is 9.15 Å². The monoisotopic (exact) mass is 320 g/mol. The SMILES string of the molecule is CC(C)COC(=O)c1cccc2nc3c(nc12)oc1ccccc13. The van der Waals surface area contributed by atoms with Gasteiger partial charge in [-0.05, 0) is 30.2 Å². The maximum absolute atomic E-state index is 12.4. The van der Waals surface area contributed by atoms with E-state index in [1.807, 2.05) is 44.2 Å². The molecule has 0 radical (unpaired) electrons. The van der Waals surface area contributed by atoms with Crippen LogP contribution in [0.1, 0.15) is 24.2 Å². The second-order valence-corrected chi connectivity index (χ2v) is 6.14. The fourth-order valence-corrected chi connectivity index (χ4v) is 2.65. The number of ether oxygens (including phenoxy) is 1. The van der Waals surface area contributed by atoms with Crippen LogP contribution >= 0.6 is 0 Å². The van der Waals surface area contributed by atoms with Crippen LogP contribution in [0.5, 0.6) is 0 Å². The van der Waals surface area contributed by atoms with Crippen molar-refractivity contribution < 1.29 is 13.9 Å². The zero-order valence-corrected chi connectivity index (χ0v) is 13.4.